The van der Waals surface area contributed by atoms with Gasteiger partial charge in [0.1, 0.15) is 10.7 Å². The van der Waals surface area contributed by atoms with Crippen LogP contribution in [0.25, 0.3) is 10.6 Å². The van der Waals surface area contributed by atoms with Crippen LogP contribution < -0.4 is 0 Å². The average molecular weight is 350 g/mol. The normalized spacial score (nSPS) is 18.0. The number of rotatable bonds is 4. The van der Waals surface area contributed by atoms with Crippen LogP contribution in [0.1, 0.15) is 30.3 Å². The smallest absolute Gasteiger partial charge is 0.310 e. The highest BCUT2D eigenvalue weighted by molar-refractivity contribution is 7.14. The van der Waals surface area contributed by atoms with Crippen molar-refractivity contribution in [2.45, 2.75) is 19.8 Å². The van der Waals surface area contributed by atoms with E-state index >= 15 is 0 Å². The van der Waals surface area contributed by atoms with E-state index in [2.05, 4.69) is 4.98 Å². The molecule has 0 N–H and O–H groups in total. The fourth-order valence-corrected chi connectivity index (χ4v) is 4.17. The van der Waals surface area contributed by atoms with E-state index in [1.807, 2.05) is 16.8 Å². The highest BCUT2D eigenvalue weighted by atomic mass is 32.1. The molecule has 0 spiro atoms. The summed E-state index contributed by atoms with van der Waals surface area (Å²) >= 11 is 3.08. The number of carbonyl (C=O) groups excluding carboxylic acids is 2. The first-order chi connectivity index (χ1) is 11.2. The molecule has 1 fully saturated rings. The average Bonchev–Trinajstić information content (AvgIpc) is 3.25. The molecule has 2 aromatic rings. The fourth-order valence-electron chi connectivity index (χ4n) is 2.67. The summed E-state index contributed by atoms with van der Waals surface area (Å²) in [6.45, 7) is 3.26. The van der Waals surface area contributed by atoms with Gasteiger partial charge in [0.05, 0.1) is 12.5 Å². The molecule has 1 atom stereocenters. The molecule has 0 aromatic carbocycles. The fraction of sp³-hybridized carbons (Fsp3) is 0.438. The molecule has 23 heavy (non-hydrogen) atoms. The number of carbonyl (C=O) groups is 2. The van der Waals surface area contributed by atoms with Gasteiger partial charge in [-0.05, 0) is 31.2 Å². The van der Waals surface area contributed by atoms with Gasteiger partial charge in [-0.3, -0.25) is 9.59 Å². The molecule has 1 aliphatic rings. The van der Waals surface area contributed by atoms with Crippen molar-refractivity contribution in [3.8, 4) is 10.6 Å². The molecule has 0 radical (unpaired) electrons. The second-order valence-electron chi connectivity index (χ2n) is 5.39. The molecule has 0 aliphatic carbocycles. The zero-order valence-electron chi connectivity index (χ0n) is 12.9. The van der Waals surface area contributed by atoms with Gasteiger partial charge in [-0.2, -0.15) is 11.3 Å². The number of piperidine rings is 1. The van der Waals surface area contributed by atoms with Crippen molar-refractivity contribution in [1.29, 1.82) is 0 Å². The topological polar surface area (TPSA) is 59.5 Å². The predicted octanol–water partition coefficient (Wildman–Crippen LogP) is 3.29. The van der Waals surface area contributed by atoms with E-state index in [0.717, 1.165) is 23.4 Å². The van der Waals surface area contributed by atoms with Gasteiger partial charge in [0.15, 0.2) is 0 Å². The SMILES string of the molecule is CCOC(=O)C1CCCN(C(=O)c2csc(-c3ccsc3)n2)C1. The number of thiazole rings is 1. The van der Waals surface area contributed by atoms with E-state index in [4.69, 9.17) is 4.74 Å². The van der Waals surface area contributed by atoms with Crippen LogP contribution in [0, 0.1) is 5.92 Å². The number of hydrogen-bond donors (Lipinski definition) is 0. The number of thiophene rings is 1. The molecular weight excluding hydrogens is 332 g/mol. The van der Waals surface area contributed by atoms with Gasteiger partial charge in [-0.15, -0.1) is 11.3 Å². The summed E-state index contributed by atoms with van der Waals surface area (Å²) in [5.41, 5.74) is 1.50. The molecule has 1 unspecified atom stereocenters. The summed E-state index contributed by atoms with van der Waals surface area (Å²) in [5.74, 6) is -0.526. The molecule has 2 aromatic heterocycles. The van der Waals surface area contributed by atoms with Gasteiger partial charge in [0, 0.05) is 29.4 Å². The summed E-state index contributed by atoms with van der Waals surface area (Å²) < 4.78 is 5.08. The maximum Gasteiger partial charge on any atom is 0.310 e. The Morgan fingerprint density at radius 2 is 2.30 bits per heavy atom. The van der Waals surface area contributed by atoms with Crippen LogP contribution in [-0.2, 0) is 9.53 Å². The van der Waals surface area contributed by atoms with Gasteiger partial charge < -0.3 is 9.64 Å². The molecule has 1 aliphatic heterocycles. The van der Waals surface area contributed by atoms with Crippen LogP contribution in [-0.4, -0.2) is 41.5 Å². The highest BCUT2D eigenvalue weighted by Gasteiger charge is 2.30. The molecule has 5 nitrogen and oxygen atoms in total. The van der Waals surface area contributed by atoms with Gasteiger partial charge in [0.2, 0.25) is 0 Å². The third-order valence-electron chi connectivity index (χ3n) is 3.82. The number of hydrogen-bond acceptors (Lipinski definition) is 6. The van der Waals surface area contributed by atoms with Crippen molar-refractivity contribution in [1.82, 2.24) is 9.88 Å². The van der Waals surface area contributed by atoms with Crippen LogP contribution in [0.4, 0.5) is 0 Å². The second-order valence-corrected chi connectivity index (χ2v) is 7.03. The third kappa shape index (κ3) is 3.61. The van der Waals surface area contributed by atoms with Crippen LogP contribution in [0.15, 0.2) is 22.2 Å². The van der Waals surface area contributed by atoms with Crippen molar-refractivity contribution >= 4 is 34.6 Å². The van der Waals surface area contributed by atoms with Crippen LogP contribution in [0.5, 0.6) is 0 Å². The lowest BCUT2D eigenvalue weighted by atomic mass is 9.98. The summed E-state index contributed by atoms with van der Waals surface area (Å²) in [5, 5.41) is 6.66. The van der Waals surface area contributed by atoms with E-state index in [9.17, 15) is 9.59 Å². The summed E-state index contributed by atoms with van der Waals surface area (Å²) in [4.78, 5) is 30.7. The molecule has 0 saturated carbocycles. The van der Waals surface area contributed by atoms with E-state index in [1.165, 1.54) is 11.3 Å². The molecule has 0 bridgehead atoms. The Morgan fingerprint density at radius 3 is 3.04 bits per heavy atom. The molecule has 122 valence electrons. The Balaban J connectivity index is 1.69. The standard InChI is InChI=1S/C16H18N2O3S2/c1-2-21-16(20)11-4-3-6-18(8-11)15(19)13-10-23-14(17-13)12-5-7-22-9-12/h5,7,9-11H,2-4,6,8H2,1H3. The molecule has 7 heteroatoms. The predicted molar refractivity (Wildman–Crippen MR) is 90.7 cm³/mol. The minimum atomic E-state index is -0.220. The Kier molecular flexibility index (Phi) is 5.07. The summed E-state index contributed by atoms with van der Waals surface area (Å²) in [6.07, 6.45) is 1.59. The van der Waals surface area contributed by atoms with E-state index < -0.39 is 0 Å². The number of aromatic nitrogens is 1. The first-order valence-electron chi connectivity index (χ1n) is 7.63. The van der Waals surface area contributed by atoms with E-state index in [0.29, 0.717) is 25.4 Å². The van der Waals surface area contributed by atoms with Crippen LogP contribution in [0.3, 0.4) is 0 Å². The lowest BCUT2D eigenvalue weighted by molar-refractivity contribution is -0.149. The molecule has 3 heterocycles. The Hall–Kier alpha value is -1.73. The molecule has 1 saturated heterocycles. The minimum absolute atomic E-state index is 0.100. The summed E-state index contributed by atoms with van der Waals surface area (Å²) in [6, 6.07) is 2.00. The van der Waals surface area contributed by atoms with Crippen molar-refractivity contribution < 1.29 is 14.3 Å². The van der Waals surface area contributed by atoms with Gasteiger partial charge >= 0.3 is 5.97 Å². The Labute approximate surface area is 142 Å². The number of likely N-dealkylation sites (tertiary alicyclic amines) is 1. The van der Waals surface area contributed by atoms with Crippen molar-refractivity contribution in [2.24, 2.45) is 5.92 Å². The quantitative estimate of drug-likeness (QED) is 0.794. The van der Waals surface area contributed by atoms with Gasteiger partial charge in [-0.1, -0.05) is 0 Å². The van der Waals surface area contributed by atoms with Gasteiger partial charge in [-0.25, -0.2) is 4.98 Å². The molecule has 3 rings (SSSR count). The number of ether oxygens (including phenoxy) is 1. The Bertz CT molecular complexity index is 681. The van der Waals surface area contributed by atoms with Gasteiger partial charge in [0.25, 0.3) is 5.91 Å². The minimum Gasteiger partial charge on any atom is -0.466 e. The zero-order chi connectivity index (χ0) is 16.2. The van der Waals surface area contributed by atoms with E-state index in [-0.39, 0.29) is 17.8 Å². The third-order valence-corrected chi connectivity index (χ3v) is 5.39. The lowest BCUT2D eigenvalue weighted by Gasteiger charge is -2.31. The Morgan fingerprint density at radius 1 is 1.43 bits per heavy atom. The van der Waals surface area contributed by atoms with Crippen LogP contribution >= 0.6 is 22.7 Å². The largest absolute Gasteiger partial charge is 0.466 e. The highest BCUT2D eigenvalue weighted by Crippen LogP contribution is 2.27. The maximum atomic E-state index is 12.6. The van der Waals surface area contributed by atoms with E-state index in [1.54, 1.807) is 28.5 Å². The zero-order valence-corrected chi connectivity index (χ0v) is 14.5. The first-order valence-corrected chi connectivity index (χ1v) is 9.45. The van der Waals surface area contributed by atoms with Crippen LogP contribution in [0.2, 0.25) is 0 Å². The summed E-state index contributed by atoms with van der Waals surface area (Å²) in [7, 11) is 0. The lowest BCUT2D eigenvalue weighted by Crippen LogP contribution is -2.42. The van der Waals surface area contributed by atoms with Crippen molar-refractivity contribution in [3.05, 3.63) is 27.9 Å². The molecular formula is C16H18N2O3S2. The van der Waals surface area contributed by atoms with Crippen molar-refractivity contribution in [3.63, 3.8) is 0 Å². The maximum absolute atomic E-state index is 12.6. The molecule has 1 amide bonds. The second kappa shape index (κ2) is 7.23. The number of nitrogens with zero attached hydrogens (tertiary/aromatic N) is 2. The number of amides is 1. The first kappa shape index (κ1) is 16.1. The number of esters is 1. The monoisotopic (exact) mass is 350 g/mol. The van der Waals surface area contributed by atoms with Crippen molar-refractivity contribution in [2.75, 3.05) is 19.7 Å².